The monoisotopic (exact) mass is 248 g/mol. The van der Waals surface area contributed by atoms with Gasteiger partial charge in [-0.25, -0.2) is 0 Å². The third-order valence-corrected chi connectivity index (χ3v) is 3.09. The highest BCUT2D eigenvalue weighted by molar-refractivity contribution is 5.02. The first kappa shape index (κ1) is 12.3. The molecule has 0 saturated carbocycles. The van der Waals surface area contributed by atoms with E-state index in [1.165, 1.54) is 0 Å². The van der Waals surface area contributed by atoms with E-state index >= 15 is 0 Å². The van der Waals surface area contributed by atoms with E-state index < -0.39 is 12.1 Å². The molecule has 0 aromatic carbocycles. The number of alkyl halides is 3. The second kappa shape index (κ2) is 4.64. The lowest BCUT2D eigenvalue weighted by molar-refractivity contribution is -0.175. The van der Waals surface area contributed by atoms with Gasteiger partial charge in [-0.2, -0.15) is 13.2 Å². The minimum atomic E-state index is -4.22. The Bertz CT molecular complexity index is 385. The fourth-order valence-corrected chi connectivity index (χ4v) is 2.16. The summed E-state index contributed by atoms with van der Waals surface area (Å²) in [5.74, 6) is -0.177. The van der Waals surface area contributed by atoms with Gasteiger partial charge in [-0.05, 0) is 19.4 Å². The van der Waals surface area contributed by atoms with Crippen LogP contribution in [0.15, 0.2) is 0 Å². The number of hydrogen-bond acceptors (Lipinski definition) is 3. The number of nitrogens with zero attached hydrogens (tertiary/aromatic N) is 3. The van der Waals surface area contributed by atoms with Crippen molar-refractivity contribution < 1.29 is 13.2 Å². The highest BCUT2D eigenvalue weighted by Gasteiger charge is 2.40. The van der Waals surface area contributed by atoms with E-state index in [9.17, 15) is 13.2 Å². The van der Waals surface area contributed by atoms with Crippen LogP contribution < -0.4 is 5.73 Å². The summed E-state index contributed by atoms with van der Waals surface area (Å²) in [6.07, 6.45) is -2.66. The van der Waals surface area contributed by atoms with Crippen LogP contribution in [0, 0.1) is 5.92 Å². The first-order valence-corrected chi connectivity index (χ1v) is 5.70. The Morgan fingerprint density at radius 2 is 2.12 bits per heavy atom. The molecule has 7 heteroatoms. The van der Waals surface area contributed by atoms with E-state index in [0.29, 0.717) is 5.82 Å². The highest BCUT2D eigenvalue weighted by atomic mass is 19.4. The first-order valence-electron chi connectivity index (χ1n) is 5.70. The Labute approximate surface area is 97.0 Å². The molecule has 1 aromatic heterocycles. The first-order chi connectivity index (χ1) is 8.02. The maximum Gasteiger partial charge on any atom is 0.392 e. The Morgan fingerprint density at radius 3 is 2.76 bits per heavy atom. The number of nitrogens with two attached hydrogens (primary N) is 1. The molecular weight excluding hydrogens is 233 g/mol. The van der Waals surface area contributed by atoms with Crippen LogP contribution in [0.25, 0.3) is 0 Å². The smallest absolute Gasteiger partial charge is 0.330 e. The molecule has 0 radical (unpaired) electrons. The molecule has 1 atom stereocenters. The SMILES string of the molecule is NCCC(Cc1nnc2n1CCC2)C(F)(F)F. The fourth-order valence-electron chi connectivity index (χ4n) is 2.16. The molecular formula is C10H15F3N4. The standard InChI is InChI=1S/C10H15F3N4/c11-10(12,13)7(3-4-14)6-9-16-15-8-2-1-5-17(8)9/h7H,1-6,14H2. The third-order valence-electron chi connectivity index (χ3n) is 3.09. The average molecular weight is 248 g/mol. The number of aromatic nitrogens is 3. The van der Waals surface area contributed by atoms with Crippen LogP contribution in [-0.4, -0.2) is 27.5 Å². The second-order valence-electron chi connectivity index (χ2n) is 4.31. The van der Waals surface area contributed by atoms with Gasteiger partial charge in [-0.15, -0.1) is 10.2 Å². The van der Waals surface area contributed by atoms with Gasteiger partial charge in [-0.1, -0.05) is 0 Å². The summed E-state index contributed by atoms with van der Waals surface area (Å²) in [7, 11) is 0. The zero-order valence-electron chi connectivity index (χ0n) is 9.37. The van der Waals surface area contributed by atoms with Gasteiger partial charge < -0.3 is 10.3 Å². The van der Waals surface area contributed by atoms with Crippen molar-refractivity contribution >= 4 is 0 Å². The maximum atomic E-state index is 12.7. The third kappa shape index (κ3) is 2.59. The maximum absolute atomic E-state index is 12.7. The van der Waals surface area contributed by atoms with Crippen LogP contribution in [-0.2, 0) is 19.4 Å². The molecule has 0 bridgehead atoms. The van der Waals surface area contributed by atoms with Gasteiger partial charge in [-0.3, -0.25) is 0 Å². The van der Waals surface area contributed by atoms with Gasteiger partial charge in [0, 0.05) is 19.4 Å². The van der Waals surface area contributed by atoms with Crippen molar-refractivity contribution in [1.29, 1.82) is 0 Å². The van der Waals surface area contributed by atoms with E-state index in [2.05, 4.69) is 10.2 Å². The van der Waals surface area contributed by atoms with Crippen LogP contribution >= 0.6 is 0 Å². The molecule has 96 valence electrons. The van der Waals surface area contributed by atoms with Crippen molar-refractivity contribution in [2.45, 2.75) is 38.4 Å². The van der Waals surface area contributed by atoms with Crippen molar-refractivity contribution in [3.63, 3.8) is 0 Å². The van der Waals surface area contributed by atoms with Crippen molar-refractivity contribution in [3.05, 3.63) is 11.6 Å². The van der Waals surface area contributed by atoms with Crippen LogP contribution in [0.3, 0.4) is 0 Å². The molecule has 0 saturated heterocycles. The molecule has 4 nitrogen and oxygen atoms in total. The molecule has 2 rings (SSSR count). The van der Waals surface area contributed by atoms with E-state index in [4.69, 9.17) is 5.73 Å². The van der Waals surface area contributed by atoms with E-state index in [1.807, 2.05) is 0 Å². The van der Waals surface area contributed by atoms with Crippen LogP contribution in [0.2, 0.25) is 0 Å². The van der Waals surface area contributed by atoms with Gasteiger partial charge in [0.05, 0.1) is 5.92 Å². The predicted octanol–water partition coefficient (Wildman–Crippen LogP) is 1.29. The number of fused-ring (bicyclic) bond motifs is 1. The van der Waals surface area contributed by atoms with E-state index in [1.54, 1.807) is 4.57 Å². The number of rotatable bonds is 4. The Morgan fingerprint density at radius 1 is 1.35 bits per heavy atom. The summed E-state index contributed by atoms with van der Waals surface area (Å²) in [6, 6.07) is 0. The molecule has 2 N–H and O–H groups in total. The fraction of sp³-hybridized carbons (Fsp3) is 0.800. The van der Waals surface area contributed by atoms with Gasteiger partial charge in [0.15, 0.2) is 0 Å². The number of hydrogen-bond donors (Lipinski definition) is 1. The largest absolute Gasteiger partial charge is 0.392 e. The van der Waals surface area contributed by atoms with Crippen molar-refractivity contribution in [2.24, 2.45) is 11.7 Å². The molecule has 2 heterocycles. The molecule has 0 fully saturated rings. The summed E-state index contributed by atoms with van der Waals surface area (Å²) < 4.78 is 40.0. The van der Waals surface area contributed by atoms with E-state index in [-0.39, 0.29) is 19.4 Å². The topological polar surface area (TPSA) is 56.7 Å². The molecule has 1 aliphatic rings. The zero-order chi connectivity index (χ0) is 12.5. The minimum Gasteiger partial charge on any atom is -0.330 e. The Balaban J connectivity index is 2.12. The van der Waals surface area contributed by atoms with Gasteiger partial charge in [0.1, 0.15) is 11.6 Å². The summed E-state index contributed by atoms with van der Waals surface area (Å²) in [5.41, 5.74) is 5.23. The Hall–Kier alpha value is -1.11. The average Bonchev–Trinajstić information content (AvgIpc) is 2.79. The molecule has 0 amide bonds. The van der Waals surface area contributed by atoms with Crippen LogP contribution in [0.4, 0.5) is 13.2 Å². The Kier molecular flexibility index (Phi) is 3.37. The normalized spacial score (nSPS) is 17.2. The molecule has 1 aromatic rings. The molecule has 1 unspecified atom stereocenters. The van der Waals surface area contributed by atoms with Crippen molar-refractivity contribution in [1.82, 2.24) is 14.8 Å². The summed E-state index contributed by atoms with van der Waals surface area (Å²) in [5, 5.41) is 7.75. The lowest BCUT2D eigenvalue weighted by atomic mass is 10.0. The van der Waals surface area contributed by atoms with Crippen molar-refractivity contribution in [2.75, 3.05) is 6.54 Å². The van der Waals surface area contributed by atoms with Gasteiger partial charge in [0.25, 0.3) is 0 Å². The summed E-state index contributed by atoms with van der Waals surface area (Å²) in [6.45, 7) is 0.760. The lowest BCUT2D eigenvalue weighted by Gasteiger charge is -2.19. The molecule has 0 spiro atoms. The lowest BCUT2D eigenvalue weighted by Crippen LogP contribution is -2.28. The molecule has 0 aliphatic carbocycles. The molecule has 1 aliphatic heterocycles. The van der Waals surface area contributed by atoms with Crippen molar-refractivity contribution in [3.8, 4) is 0 Å². The number of aryl methyl sites for hydroxylation is 1. The van der Waals surface area contributed by atoms with Crippen LogP contribution in [0.5, 0.6) is 0 Å². The van der Waals surface area contributed by atoms with E-state index in [0.717, 1.165) is 25.2 Å². The predicted molar refractivity (Wildman–Crippen MR) is 55.3 cm³/mol. The number of halogens is 3. The minimum absolute atomic E-state index is 0.0329. The second-order valence-corrected chi connectivity index (χ2v) is 4.31. The molecule has 17 heavy (non-hydrogen) atoms. The zero-order valence-corrected chi connectivity index (χ0v) is 9.37. The van der Waals surface area contributed by atoms with Gasteiger partial charge in [0.2, 0.25) is 0 Å². The van der Waals surface area contributed by atoms with Crippen LogP contribution in [0.1, 0.15) is 24.5 Å². The van der Waals surface area contributed by atoms with Gasteiger partial charge >= 0.3 is 6.18 Å². The quantitative estimate of drug-likeness (QED) is 0.873. The summed E-state index contributed by atoms with van der Waals surface area (Å²) >= 11 is 0. The highest BCUT2D eigenvalue weighted by Crippen LogP contribution is 2.31. The summed E-state index contributed by atoms with van der Waals surface area (Å²) in [4.78, 5) is 0.